The summed E-state index contributed by atoms with van der Waals surface area (Å²) in [5, 5.41) is 15.0. The normalized spacial score (nSPS) is 11.9. The van der Waals surface area contributed by atoms with Crippen LogP contribution < -0.4 is 16.4 Å². The molecule has 0 aliphatic rings. The van der Waals surface area contributed by atoms with Crippen LogP contribution in [0, 0.1) is 0 Å². The van der Waals surface area contributed by atoms with Gasteiger partial charge in [-0.15, -0.1) is 12.4 Å². The number of hydrogen-bond donors (Lipinski definition) is 4. The third-order valence-corrected chi connectivity index (χ3v) is 5.47. The highest BCUT2D eigenvalue weighted by atomic mass is 35.5. The van der Waals surface area contributed by atoms with E-state index in [2.05, 4.69) is 10.6 Å². The second kappa shape index (κ2) is 18.8. The standard InChI is InChI=1S/C27H38N4O6.ClH/c1-21(28)24(32)25(33)29-15-8-9-17-31(27(35)37-20-23-13-6-3-7-14-23)18-10-16-30-26(34)36-19-22-11-4-2-5-12-22;/h2-7,11-14,21,24,32H,8-10,15-20,28H2,1H3,(H,29,33)(H,30,34);1H. The number of carbonyl (C=O) groups is 3. The highest BCUT2D eigenvalue weighted by Gasteiger charge is 2.19. The molecule has 10 nitrogen and oxygen atoms in total. The van der Waals surface area contributed by atoms with Crippen LogP contribution in [0.3, 0.4) is 0 Å². The van der Waals surface area contributed by atoms with Gasteiger partial charge in [-0.25, -0.2) is 9.59 Å². The number of hydrogen-bond acceptors (Lipinski definition) is 7. The number of aliphatic hydroxyl groups excluding tert-OH is 1. The summed E-state index contributed by atoms with van der Waals surface area (Å²) in [7, 11) is 0. The van der Waals surface area contributed by atoms with Gasteiger partial charge in [0.25, 0.3) is 0 Å². The Morgan fingerprint density at radius 1 is 0.842 bits per heavy atom. The second-order valence-electron chi connectivity index (χ2n) is 8.67. The number of alkyl carbamates (subject to hydrolysis) is 1. The summed E-state index contributed by atoms with van der Waals surface area (Å²) >= 11 is 0. The van der Waals surface area contributed by atoms with Crippen molar-refractivity contribution in [3.63, 3.8) is 0 Å². The second-order valence-corrected chi connectivity index (χ2v) is 8.67. The van der Waals surface area contributed by atoms with Crippen LogP contribution in [-0.2, 0) is 27.5 Å². The third-order valence-electron chi connectivity index (χ3n) is 5.47. The first kappa shape index (κ1) is 32.7. The molecule has 0 spiro atoms. The van der Waals surface area contributed by atoms with E-state index >= 15 is 0 Å². The van der Waals surface area contributed by atoms with Crippen LogP contribution in [0.1, 0.15) is 37.3 Å². The summed E-state index contributed by atoms with van der Waals surface area (Å²) < 4.78 is 10.7. The van der Waals surface area contributed by atoms with Gasteiger partial charge in [0.15, 0.2) is 0 Å². The molecule has 0 fully saturated rings. The average Bonchev–Trinajstić information content (AvgIpc) is 2.92. The van der Waals surface area contributed by atoms with E-state index in [1.165, 1.54) is 0 Å². The van der Waals surface area contributed by atoms with Crippen molar-refractivity contribution in [2.45, 2.75) is 51.5 Å². The van der Waals surface area contributed by atoms with E-state index in [0.29, 0.717) is 45.4 Å². The van der Waals surface area contributed by atoms with E-state index in [4.69, 9.17) is 15.2 Å². The van der Waals surface area contributed by atoms with Crippen LogP contribution in [0.15, 0.2) is 60.7 Å². The summed E-state index contributed by atoms with van der Waals surface area (Å²) in [6.45, 7) is 3.38. The van der Waals surface area contributed by atoms with E-state index in [9.17, 15) is 19.5 Å². The molecule has 0 aliphatic heterocycles. The van der Waals surface area contributed by atoms with Crippen molar-refractivity contribution in [2.75, 3.05) is 26.2 Å². The third kappa shape index (κ3) is 13.3. The van der Waals surface area contributed by atoms with Crippen molar-refractivity contribution in [1.82, 2.24) is 15.5 Å². The van der Waals surface area contributed by atoms with Gasteiger partial charge in [0.2, 0.25) is 5.91 Å². The molecule has 2 rings (SSSR count). The van der Waals surface area contributed by atoms with E-state index in [1.54, 1.807) is 11.8 Å². The van der Waals surface area contributed by atoms with Gasteiger partial charge in [0, 0.05) is 32.2 Å². The largest absolute Gasteiger partial charge is 0.445 e. The lowest BCUT2D eigenvalue weighted by Gasteiger charge is -2.22. The Bertz CT molecular complexity index is 949. The van der Waals surface area contributed by atoms with Gasteiger partial charge in [0.1, 0.15) is 19.3 Å². The monoisotopic (exact) mass is 550 g/mol. The number of unbranched alkanes of at least 4 members (excludes halogenated alkanes) is 1. The molecular formula is C27H39ClN4O6. The molecule has 0 aromatic heterocycles. The van der Waals surface area contributed by atoms with Gasteiger partial charge in [-0.1, -0.05) is 60.7 Å². The van der Waals surface area contributed by atoms with Crippen molar-refractivity contribution >= 4 is 30.5 Å². The molecule has 0 saturated carbocycles. The van der Waals surface area contributed by atoms with Gasteiger partial charge in [0.05, 0.1) is 0 Å². The number of ether oxygens (including phenoxy) is 2. The first-order chi connectivity index (χ1) is 17.9. The quantitative estimate of drug-likeness (QED) is 0.250. The molecule has 2 unspecified atom stereocenters. The molecule has 11 heteroatoms. The predicted octanol–water partition coefficient (Wildman–Crippen LogP) is 2.97. The van der Waals surface area contributed by atoms with Crippen molar-refractivity contribution < 1.29 is 29.0 Å². The van der Waals surface area contributed by atoms with Gasteiger partial charge < -0.3 is 35.8 Å². The van der Waals surface area contributed by atoms with Crippen molar-refractivity contribution in [3.05, 3.63) is 71.8 Å². The summed E-state index contributed by atoms with van der Waals surface area (Å²) in [6.07, 6.45) is -0.501. The molecule has 0 bridgehead atoms. The number of nitrogens with two attached hydrogens (primary N) is 1. The predicted molar refractivity (Wildman–Crippen MR) is 147 cm³/mol. The Labute approximate surface area is 230 Å². The molecular weight excluding hydrogens is 512 g/mol. The zero-order valence-electron chi connectivity index (χ0n) is 21.7. The van der Waals surface area contributed by atoms with Gasteiger partial charge in [-0.3, -0.25) is 4.79 Å². The minimum atomic E-state index is -1.25. The number of halogens is 1. The molecule has 0 heterocycles. The van der Waals surface area contributed by atoms with Crippen LogP contribution in [0.5, 0.6) is 0 Å². The highest BCUT2D eigenvalue weighted by Crippen LogP contribution is 2.06. The minimum Gasteiger partial charge on any atom is -0.445 e. The zero-order chi connectivity index (χ0) is 26.9. The Kier molecular flexibility index (Phi) is 16.2. The van der Waals surface area contributed by atoms with Crippen LogP contribution in [0.2, 0.25) is 0 Å². The number of amides is 3. The number of nitrogens with one attached hydrogen (secondary N) is 2. The number of carbonyl (C=O) groups excluding carboxylic acids is 3. The lowest BCUT2D eigenvalue weighted by Crippen LogP contribution is -2.45. The highest BCUT2D eigenvalue weighted by molar-refractivity contribution is 5.85. The maximum atomic E-state index is 12.7. The number of benzene rings is 2. The fraction of sp³-hybridized carbons (Fsp3) is 0.444. The Balaban J connectivity index is 0.00000722. The summed E-state index contributed by atoms with van der Waals surface area (Å²) in [5.74, 6) is -0.514. The molecule has 0 radical (unpaired) electrons. The molecule has 0 aliphatic carbocycles. The molecule has 3 amide bonds. The first-order valence-corrected chi connectivity index (χ1v) is 12.5. The molecule has 2 aromatic carbocycles. The zero-order valence-corrected chi connectivity index (χ0v) is 22.5. The fourth-order valence-electron chi connectivity index (χ4n) is 3.32. The molecule has 2 atom stereocenters. The van der Waals surface area contributed by atoms with Crippen LogP contribution in [-0.4, -0.2) is 66.4 Å². The molecule has 2 aromatic rings. The van der Waals surface area contributed by atoms with Crippen LogP contribution in [0.25, 0.3) is 0 Å². The molecule has 0 saturated heterocycles. The van der Waals surface area contributed by atoms with Crippen molar-refractivity contribution in [2.24, 2.45) is 5.73 Å². The lowest BCUT2D eigenvalue weighted by molar-refractivity contribution is -0.130. The van der Waals surface area contributed by atoms with Crippen LogP contribution >= 0.6 is 12.4 Å². The van der Waals surface area contributed by atoms with E-state index < -0.39 is 30.2 Å². The Morgan fingerprint density at radius 3 is 1.95 bits per heavy atom. The van der Waals surface area contributed by atoms with Gasteiger partial charge in [-0.2, -0.15) is 0 Å². The van der Waals surface area contributed by atoms with E-state index in [0.717, 1.165) is 11.1 Å². The van der Waals surface area contributed by atoms with E-state index in [-0.39, 0.29) is 25.6 Å². The van der Waals surface area contributed by atoms with E-state index in [1.807, 2.05) is 60.7 Å². The maximum absolute atomic E-state index is 12.7. The SMILES string of the molecule is CC(N)C(O)C(=O)NCCCCN(CCCNC(=O)OCc1ccccc1)C(=O)OCc1ccccc1.Cl. The molecule has 210 valence electrons. The first-order valence-electron chi connectivity index (χ1n) is 12.5. The smallest absolute Gasteiger partial charge is 0.410 e. The fourth-order valence-corrected chi connectivity index (χ4v) is 3.32. The summed E-state index contributed by atoms with van der Waals surface area (Å²) in [4.78, 5) is 38.0. The molecule has 5 N–H and O–H groups in total. The van der Waals surface area contributed by atoms with Crippen molar-refractivity contribution in [3.8, 4) is 0 Å². The number of aliphatic hydroxyl groups is 1. The lowest BCUT2D eigenvalue weighted by atomic mass is 10.2. The van der Waals surface area contributed by atoms with Gasteiger partial charge in [-0.05, 0) is 37.3 Å². The van der Waals surface area contributed by atoms with Crippen LogP contribution in [0.4, 0.5) is 9.59 Å². The summed E-state index contributed by atoms with van der Waals surface area (Å²) in [6, 6.07) is 18.1. The minimum absolute atomic E-state index is 0. The topological polar surface area (TPSA) is 143 Å². The molecule has 38 heavy (non-hydrogen) atoms. The number of rotatable bonds is 15. The van der Waals surface area contributed by atoms with Gasteiger partial charge >= 0.3 is 12.2 Å². The Morgan fingerprint density at radius 2 is 1.37 bits per heavy atom. The van der Waals surface area contributed by atoms with Crippen molar-refractivity contribution in [1.29, 1.82) is 0 Å². The average molecular weight is 551 g/mol. The summed E-state index contributed by atoms with van der Waals surface area (Å²) in [5.41, 5.74) is 7.31. The number of nitrogens with zero attached hydrogens (tertiary/aromatic N) is 1. The Hall–Kier alpha value is -3.34. The maximum Gasteiger partial charge on any atom is 0.410 e.